The van der Waals surface area contributed by atoms with Gasteiger partial charge in [-0.15, -0.1) is 0 Å². The van der Waals surface area contributed by atoms with Crippen molar-refractivity contribution in [2.24, 2.45) is 0 Å². The van der Waals surface area contributed by atoms with Gasteiger partial charge < -0.3 is 20.6 Å². The lowest BCUT2D eigenvalue weighted by Crippen LogP contribution is -2.48. The third-order valence-electron chi connectivity index (χ3n) is 4.82. The fourth-order valence-corrected chi connectivity index (χ4v) is 3.37. The molecule has 0 aliphatic carbocycles. The van der Waals surface area contributed by atoms with Crippen LogP contribution in [0.4, 0.5) is 11.5 Å². The van der Waals surface area contributed by atoms with E-state index >= 15 is 0 Å². The van der Waals surface area contributed by atoms with Crippen LogP contribution in [0.25, 0.3) is 11.3 Å². The number of nitrogens with zero attached hydrogens (tertiary/aromatic N) is 4. The van der Waals surface area contributed by atoms with Gasteiger partial charge >= 0.3 is 0 Å². The summed E-state index contributed by atoms with van der Waals surface area (Å²) in [4.78, 5) is 25.3. The predicted octanol–water partition coefficient (Wildman–Crippen LogP) is 2.39. The molecule has 0 spiro atoms. The zero-order chi connectivity index (χ0) is 19.5. The Kier molecular flexibility index (Phi) is 4.80. The summed E-state index contributed by atoms with van der Waals surface area (Å²) in [5, 5.41) is 9.66. The fraction of sp³-hybridized carbons (Fsp3) is 0.190. The molecule has 4 rings (SSSR count). The van der Waals surface area contributed by atoms with E-state index in [0.29, 0.717) is 30.2 Å². The number of piperazine rings is 1. The highest BCUT2D eigenvalue weighted by atomic mass is 16.3. The van der Waals surface area contributed by atoms with E-state index in [4.69, 9.17) is 5.73 Å². The van der Waals surface area contributed by atoms with E-state index in [1.54, 1.807) is 18.3 Å². The number of amides is 1. The van der Waals surface area contributed by atoms with E-state index in [0.717, 1.165) is 24.3 Å². The predicted molar refractivity (Wildman–Crippen MR) is 108 cm³/mol. The minimum Gasteiger partial charge on any atom is -0.508 e. The third-order valence-corrected chi connectivity index (χ3v) is 4.82. The van der Waals surface area contributed by atoms with Crippen molar-refractivity contribution in [1.29, 1.82) is 0 Å². The number of phenolic OH excluding ortho intramolecular Hbond substituents is 1. The molecule has 0 unspecified atom stereocenters. The van der Waals surface area contributed by atoms with Crippen LogP contribution in [0.5, 0.6) is 5.75 Å². The number of nitrogens with two attached hydrogens (primary N) is 1. The molecule has 2 heterocycles. The van der Waals surface area contributed by atoms with E-state index in [2.05, 4.69) is 14.9 Å². The Hall–Kier alpha value is -3.61. The number of phenols is 1. The maximum atomic E-state index is 13.0. The Balaban J connectivity index is 1.46. The Morgan fingerprint density at radius 3 is 2.54 bits per heavy atom. The molecule has 1 saturated heterocycles. The first-order valence-electron chi connectivity index (χ1n) is 9.11. The fourth-order valence-electron chi connectivity index (χ4n) is 3.37. The third kappa shape index (κ3) is 3.73. The van der Waals surface area contributed by atoms with E-state index < -0.39 is 0 Å². The molecule has 3 N–H and O–H groups in total. The molecule has 1 aromatic heterocycles. The number of benzene rings is 2. The van der Waals surface area contributed by atoms with E-state index in [-0.39, 0.29) is 11.7 Å². The lowest BCUT2D eigenvalue weighted by atomic mass is 10.1. The summed E-state index contributed by atoms with van der Waals surface area (Å²) in [6.07, 6.45) is 3.12. The smallest absolute Gasteiger partial charge is 0.253 e. The van der Waals surface area contributed by atoms with Crippen LogP contribution in [0.2, 0.25) is 0 Å². The van der Waals surface area contributed by atoms with Crippen LogP contribution < -0.4 is 10.6 Å². The van der Waals surface area contributed by atoms with Crippen molar-refractivity contribution in [2.75, 3.05) is 36.8 Å². The highest BCUT2D eigenvalue weighted by Gasteiger charge is 2.22. The standard InChI is InChI=1S/C21H21N5O2/c22-20-14-23-13-19(24-20)15-3-1-4-16(11-15)21(28)26-9-7-25(8-10-26)17-5-2-6-18(27)12-17/h1-6,11-14,27H,7-10H2,(H2,22,24). The second-order valence-corrected chi connectivity index (χ2v) is 6.71. The van der Waals surface area contributed by atoms with E-state index in [1.807, 2.05) is 41.3 Å². The highest BCUT2D eigenvalue weighted by molar-refractivity contribution is 5.95. The van der Waals surface area contributed by atoms with Crippen LogP contribution in [-0.2, 0) is 0 Å². The number of anilines is 2. The molecule has 0 atom stereocenters. The monoisotopic (exact) mass is 375 g/mol. The first kappa shape index (κ1) is 17.8. The number of hydrogen-bond acceptors (Lipinski definition) is 6. The number of rotatable bonds is 3. The van der Waals surface area contributed by atoms with Crippen LogP contribution in [0.1, 0.15) is 10.4 Å². The normalized spacial score (nSPS) is 14.1. The molecular formula is C21H21N5O2. The Morgan fingerprint density at radius 2 is 1.79 bits per heavy atom. The van der Waals surface area contributed by atoms with Gasteiger partial charge in [0.2, 0.25) is 0 Å². The maximum absolute atomic E-state index is 13.0. The molecule has 7 heteroatoms. The van der Waals surface area contributed by atoms with Gasteiger partial charge in [-0.1, -0.05) is 18.2 Å². The lowest BCUT2D eigenvalue weighted by Gasteiger charge is -2.36. The number of carbonyl (C=O) groups is 1. The van der Waals surface area contributed by atoms with E-state index in [9.17, 15) is 9.90 Å². The van der Waals surface area contributed by atoms with Gasteiger partial charge in [-0.3, -0.25) is 9.78 Å². The van der Waals surface area contributed by atoms with Crippen molar-refractivity contribution in [1.82, 2.24) is 14.9 Å². The highest BCUT2D eigenvalue weighted by Crippen LogP contribution is 2.23. The van der Waals surface area contributed by atoms with Gasteiger partial charge in [-0.25, -0.2) is 4.98 Å². The van der Waals surface area contributed by atoms with Gasteiger partial charge in [0, 0.05) is 49.1 Å². The molecule has 2 aromatic carbocycles. The topological polar surface area (TPSA) is 95.6 Å². The number of nitrogen functional groups attached to an aromatic ring is 1. The maximum Gasteiger partial charge on any atom is 0.253 e. The number of aromatic hydroxyl groups is 1. The second-order valence-electron chi connectivity index (χ2n) is 6.71. The number of carbonyl (C=O) groups excluding carboxylic acids is 1. The van der Waals surface area contributed by atoms with E-state index in [1.165, 1.54) is 6.20 Å². The minimum absolute atomic E-state index is 0.00530. The summed E-state index contributed by atoms with van der Waals surface area (Å²) in [6.45, 7) is 2.68. The van der Waals surface area contributed by atoms with Gasteiger partial charge in [0.25, 0.3) is 5.91 Å². The van der Waals surface area contributed by atoms with Crippen LogP contribution in [-0.4, -0.2) is 52.1 Å². The summed E-state index contributed by atoms with van der Waals surface area (Å²) >= 11 is 0. The molecule has 7 nitrogen and oxygen atoms in total. The molecule has 142 valence electrons. The molecule has 1 fully saturated rings. The zero-order valence-electron chi connectivity index (χ0n) is 15.3. The first-order chi connectivity index (χ1) is 13.6. The van der Waals surface area contributed by atoms with Crippen LogP contribution in [0.15, 0.2) is 60.9 Å². The van der Waals surface area contributed by atoms with Gasteiger partial charge in [0.15, 0.2) is 0 Å². The van der Waals surface area contributed by atoms with Crippen LogP contribution in [0.3, 0.4) is 0 Å². The average molecular weight is 375 g/mol. The Morgan fingerprint density at radius 1 is 1.00 bits per heavy atom. The van der Waals surface area contributed by atoms with Crippen LogP contribution >= 0.6 is 0 Å². The number of hydrogen-bond donors (Lipinski definition) is 2. The van der Waals surface area contributed by atoms with Gasteiger partial charge in [0.05, 0.1) is 18.1 Å². The molecule has 28 heavy (non-hydrogen) atoms. The largest absolute Gasteiger partial charge is 0.508 e. The van der Waals surface area contributed by atoms with Crippen molar-refractivity contribution >= 4 is 17.4 Å². The lowest BCUT2D eigenvalue weighted by molar-refractivity contribution is 0.0747. The average Bonchev–Trinajstić information content (AvgIpc) is 2.73. The van der Waals surface area contributed by atoms with Crippen molar-refractivity contribution in [3.8, 4) is 17.0 Å². The number of aromatic nitrogens is 2. The molecule has 0 bridgehead atoms. The van der Waals surface area contributed by atoms with Crippen molar-refractivity contribution < 1.29 is 9.90 Å². The molecular weight excluding hydrogens is 354 g/mol. The summed E-state index contributed by atoms with van der Waals surface area (Å²) < 4.78 is 0. The summed E-state index contributed by atoms with van der Waals surface area (Å²) in [5.74, 6) is 0.587. The van der Waals surface area contributed by atoms with Crippen molar-refractivity contribution in [3.05, 3.63) is 66.5 Å². The molecule has 3 aromatic rings. The molecule has 1 aliphatic heterocycles. The van der Waals surface area contributed by atoms with Gasteiger partial charge in [-0.05, 0) is 24.3 Å². The Bertz CT molecular complexity index is 999. The molecule has 0 radical (unpaired) electrons. The summed E-state index contributed by atoms with van der Waals surface area (Å²) in [5.41, 5.74) is 8.75. The van der Waals surface area contributed by atoms with Gasteiger partial charge in [0.1, 0.15) is 11.6 Å². The summed E-state index contributed by atoms with van der Waals surface area (Å²) in [6, 6.07) is 14.6. The zero-order valence-corrected chi connectivity index (χ0v) is 15.3. The quantitative estimate of drug-likeness (QED) is 0.730. The second kappa shape index (κ2) is 7.56. The SMILES string of the molecule is Nc1cncc(-c2cccc(C(=O)N3CCN(c4cccc(O)c4)CC3)c2)n1. The van der Waals surface area contributed by atoms with Crippen molar-refractivity contribution in [2.45, 2.75) is 0 Å². The molecule has 0 saturated carbocycles. The van der Waals surface area contributed by atoms with Crippen molar-refractivity contribution in [3.63, 3.8) is 0 Å². The first-order valence-corrected chi connectivity index (χ1v) is 9.11. The Labute approximate surface area is 163 Å². The van der Waals surface area contributed by atoms with Gasteiger partial charge in [-0.2, -0.15) is 0 Å². The molecule has 1 aliphatic rings. The van der Waals surface area contributed by atoms with Crippen LogP contribution in [0, 0.1) is 0 Å². The summed E-state index contributed by atoms with van der Waals surface area (Å²) in [7, 11) is 0. The minimum atomic E-state index is -0.00530. The molecule has 1 amide bonds.